The molecule has 0 radical (unpaired) electrons. The Hall–Kier alpha value is -0.940. The van der Waals surface area contributed by atoms with Crippen LogP contribution in [-0.4, -0.2) is 28.4 Å². The van der Waals surface area contributed by atoms with Crippen molar-refractivity contribution in [1.29, 1.82) is 0 Å². The van der Waals surface area contributed by atoms with Gasteiger partial charge in [-0.25, -0.2) is 0 Å². The first-order valence-corrected chi connectivity index (χ1v) is 3.49. The minimum absolute atomic E-state index is 0.0320. The Kier molecular flexibility index (Phi) is 3.00. The van der Waals surface area contributed by atoms with Crippen molar-refractivity contribution in [2.45, 2.75) is 12.8 Å². The number of rotatable bonds is 4. The van der Waals surface area contributed by atoms with E-state index in [0.29, 0.717) is 31.1 Å². The van der Waals surface area contributed by atoms with Crippen LogP contribution in [0.5, 0.6) is 0 Å². The molecule has 5 nitrogen and oxygen atoms in total. The van der Waals surface area contributed by atoms with Gasteiger partial charge in [0.1, 0.15) is 0 Å². The highest BCUT2D eigenvalue weighted by atomic mass is 16.5. The standard InChI is InChI=1S/C6H11N3O2/c7-3-1-5-8-6(2-4-10)11-9-5/h10H,1-4,7H2. The van der Waals surface area contributed by atoms with Gasteiger partial charge in [0.15, 0.2) is 5.82 Å². The van der Waals surface area contributed by atoms with Gasteiger partial charge in [-0.3, -0.25) is 0 Å². The first-order chi connectivity index (χ1) is 5.36. The molecule has 0 spiro atoms. The number of aliphatic hydroxyl groups excluding tert-OH is 1. The minimum atomic E-state index is 0.0320. The summed E-state index contributed by atoms with van der Waals surface area (Å²) < 4.78 is 4.78. The fourth-order valence-electron chi connectivity index (χ4n) is 0.718. The first-order valence-electron chi connectivity index (χ1n) is 3.49. The van der Waals surface area contributed by atoms with Gasteiger partial charge in [0, 0.05) is 6.42 Å². The van der Waals surface area contributed by atoms with Crippen LogP contribution in [0.25, 0.3) is 0 Å². The fraction of sp³-hybridized carbons (Fsp3) is 0.667. The lowest BCUT2D eigenvalue weighted by Crippen LogP contribution is -2.04. The van der Waals surface area contributed by atoms with Gasteiger partial charge in [-0.15, -0.1) is 0 Å². The Morgan fingerprint density at radius 2 is 2.27 bits per heavy atom. The molecule has 0 unspecified atom stereocenters. The van der Waals surface area contributed by atoms with Gasteiger partial charge < -0.3 is 15.4 Å². The SMILES string of the molecule is NCCc1noc(CCO)n1. The van der Waals surface area contributed by atoms with E-state index in [2.05, 4.69) is 10.1 Å². The zero-order chi connectivity index (χ0) is 8.10. The molecule has 1 aromatic heterocycles. The molecular weight excluding hydrogens is 146 g/mol. The molecule has 5 heteroatoms. The lowest BCUT2D eigenvalue weighted by atomic mass is 10.4. The maximum absolute atomic E-state index is 8.51. The monoisotopic (exact) mass is 157 g/mol. The van der Waals surface area contributed by atoms with Crippen LogP contribution in [-0.2, 0) is 12.8 Å². The van der Waals surface area contributed by atoms with E-state index in [0.717, 1.165) is 0 Å². The highest BCUT2D eigenvalue weighted by Crippen LogP contribution is 1.97. The van der Waals surface area contributed by atoms with Crippen molar-refractivity contribution in [3.05, 3.63) is 11.7 Å². The maximum Gasteiger partial charge on any atom is 0.228 e. The van der Waals surface area contributed by atoms with E-state index in [4.69, 9.17) is 15.4 Å². The number of nitrogens with two attached hydrogens (primary N) is 1. The Morgan fingerprint density at radius 3 is 2.91 bits per heavy atom. The molecule has 3 N–H and O–H groups in total. The summed E-state index contributed by atoms with van der Waals surface area (Å²) in [6.45, 7) is 0.544. The van der Waals surface area contributed by atoms with E-state index in [1.54, 1.807) is 0 Å². The van der Waals surface area contributed by atoms with E-state index in [1.807, 2.05) is 0 Å². The van der Waals surface area contributed by atoms with Crippen LogP contribution in [0.2, 0.25) is 0 Å². The molecule has 0 saturated heterocycles. The Morgan fingerprint density at radius 1 is 1.45 bits per heavy atom. The van der Waals surface area contributed by atoms with Crippen LogP contribution in [0.3, 0.4) is 0 Å². The van der Waals surface area contributed by atoms with Gasteiger partial charge in [-0.1, -0.05) is 5.16 Å². The molecule has 0 fully saturated rings. The first kappa shape index (κ1) is 8.16. The predicted octanol–water partition coefficient (Wildman–Crippen LogP) is -0.894. The third-order valence-electron chi connectivity index (χ3n) is 1.20. The molecular formula is C6H11N3O2. The minimum Gasteiger partial charge on any atom is -0.396 e. The summed E-state index contributed by atoms with van der Waals surface area (Å²) >= 11 is 0. The molecule has 11 heavy (non-hydrogen) atoms. The second kappa shape index (κ2) is 4.05. The van der Waals surface area contributed by atoms with Crippen LogP contribution in [0.1, 0.15) is 11.7 Å². The Labute approximate surface area is 64.2 Å². The number of hydrogen-bond donors (Lipinski definition) is 2. The average molecular weight is 157 g/mol. The molecule has 0 bridgehead atoms. The molecule has 1 heterocycles. The third-order valence-corrected chi connectivity index (χ3v) is 1.20. The van der Waals surface area contributed by atoms with E-state index in [-0.39, 0.29) is 6.61 Å². The van der Waals surface area contributed by atoms with Crippen molar-refractivity contribution in [3.8, 4) is 0 Å². The second-order valence-electron chi connectivity index (χ2n) is 2.12. The lowest BCUT2D eigenvalue weighted by Gasteiger charge is -1.84. The Bertz CT molecular complexity index is 191. The van der Waals surface area contributed by atoms with Crippen molar-refractivity contribution in [3.63, 3.8) is 0 Å². The number of hydrogen-bond acceptors (Lipinski definition) is 5. The second-order valence-corrected chi connectivity index (χ2v) is 2.12. The van der Waals surface area contributed by atoms with Gasteiger partial charge in [0.05, 0.1) is 13.0 Å². The average Bonchev–Trinajstić information content (AvgIpc) is 2.38. The molecule has 0 aliphatic carbocycles. The smallest absolute Gasteiger partial charge is 0.228 e. The summed E-state index contributed by atoms with van der Waals surface area (Å²) in [4.78, 5) is 3.97. The summed E-state index contributed by atoms with van der Waals surface area (Å²) in [7, 11) is 0. The lowest BCUT2D eigenvalue weighted by molar-refractivity contribution is 0.274. The molecule has 0 aromatic carbocycles. The van der Waals surface area contributed by atoms with Gasteiger partial charge in [-0.2, -0.15) is 4.98 Å². The van der Waals surface area contributed by atoms with E-state index in [1.165, 1.54) is 0 Å². The van der Waals surface area contributed by atoms with Crippen LogP contribution in [0, 0.1) is 0 Å². The molecule has 1 rings (SSSR count). The molecule has 1 aromatic rings. The van der Waals surface area contributed by atoms with Crippen molar-refractivity contribution in [1.82, 2.24) is 10.1 Å². The highest BCUT2D eigenvalue weighted by Gasteiger charge is 2.03. The summed E-state index contributed by atoms with van der Waals surface area (Å²) in [5.41, 5.74) is 5.27. The van der Waals surface area contributed by atoms with E-state index < -0.39 is 0 Å². The summed E-state index contributed by atoms with van der Waals surface area (Å²) in [6.07, 6.45) is 1.03. The largest absolute Gasteiger partial charge is 0.396 e. The van der Waals surface area contributed by atoms with Gasteiger partial charge in [0.2, 0.25) is 5.89 Å². The highest BCUT2D eigenvalue weighted by molar-refractivity contribution is 4.86. The van der Waals surface area contributed by atoms with Crippen LogP contribution >= 0.6 is 0 Å². The summed E-state index contributed by atoms with van der Waals surface area (Å²) in [5.74, 6) is 1.08. The normalized spacial score (nSPS) is 10.4. The third kappa shape index (κ3) is 2.28. The molecule has 0 amide bonds. The van der Waals surface area contributed by atoms with Crippen molar-refractivity contribution < 1.29 is 9.63 Å². The fourth-order valence-corrected chi connectivity index (χ4v) is 0.718. The molecule has 0 atom stereocenters. The molecule has 62 valence electrons. The van der Waals surface area contributed by atoms with Crippen LogP contribution < -0.4 is 5.73 Å². The topological polar surface area (TPSA) is 85.2 Å². The number of nitrogens with zero attached hydrogens (tertiary/aromatic N) is 2. The van der Waals surface area contributed by atoms with Crippen LogP contribution in [0.15, 0.2) is 4.52 Å². The number of aromatic nitrogens is 2. The van der Waals surface area contributed by atoms with Crippen molar-refractivity contribution in [2.75, 3.05) is 13.2 Å². The number of aliphatic hydroxyl groups is 1. The maximum atomic E-state index is 8.51. The van der Waals surface area contributed by atoms with Crippen molar-refractivity contribution in [2.24, 2.45) is 5.73 Å². The molecule has 0 aliphatic rings. The van der Waals surface area contributed by atoms with E-state index >= 15 is 0 Å². The van der Waals surface area contributed by atoms with Crippen LogP contribution in [0.4, 0.5) is 0 Å². The van der Waals surface area contributed by atoms with Crippen molar-refractivity contribution >= 4 is 0 Å². The summed E-state index contributed by atoms with van der Waals surface area (Å²) in [5, 5.41) is 12.2. The zero-order valence-corrected chi connectivity index (χ0v) is 6.16. The quantitative estimate of drug-likeness (QED) is 0.592. The predicted molar refractivity (Wildman–Crippen MR) is 37.8 cm³/mol. The van der Waals surface area contributed by atoms with E-state index in [9.17, 15) is 0 Å². The van der Waals surface area contributed by atoms with Gasteiger partial charge in [0.25, 0.3) is 0 Å². The molecule has 0 saturated carbocycles. The molecule has 0 aliphatic heterocycles. The zero-order valence-electron chi connectivity index (χ0n) is 6.16. The van der Waals surface area contributed by atoms with Gasteiger partial charge in [-0.05, 0) is 6.54 Å². The van der Waals surface area contributed by atoms with Gasteiger partial charge >= 0.3 is 0 Å². The summed E-state index contributed by atoms with van der Waals surface area (Å²) in [6, 6.07) is 0. The Balaban J connectivity index is 2.51.